The number of ether oxygens (including phenoxy) is 1. The molecule has 3 aromatic rings. The van der Waals surface area contributed by atoms with Crippen LogP contribution in [-0.2, 0) is 11.3 Å². The summed E-state index contributed by atoms with van der Waals surface area (Å²) in [6.45, 7) is 1.15. The molecular formula is C15H16N6O2. The lowest BCUT2D eigenvalue weighted by Crippen LogP contribution is -2.14. The molecule has 0 radical (unpaired) electrons. The summed E-state index contributed by atoms with van der Waals surface area (Å²) in [7, 11) is 1.62. The Labute approximate surface area is 132 Å². The maximum Gasteiger partial charge on any atom is 0.276 e. The van der Waals surface area contributed by atoms with Crippen molar-refractivity contribution in [3.63, 3.8) is 0 Å². The third-order valence-corrected chi connectivity index (χ3v) is 3.21. The van der Waals surface area contributed by atoms with Crippen LogP contribution in [0.25, 0.3) is 11.4 Å². The third-order valence-electron chi connectivity index (χ3n) is 3.21. The van der Waals surface area contributed by atoms with Gasteiger partial charge in [-0.1, -0.05) is 12.1 Å². The number of amides is 1. The fraction of sp³-hybridized carbons (Fsp3) is 0.200. The lowest BCUT2D eigenvalue weighted by Gasteiger charge is -2.05. The highest BCUT2D eigenvalue weighted by Gasteiger charge is 2.10. The van der Waals surface area contributed by atoms with Gasteiger partial charge in [-0.2, -0.15) is 10.2 Å². The first-order chi connectivity index (χ1) is 11.3. The second-order valence-corrected chi connectivity index (χ2v) is 4.83. The Balaban J connectivity index is 1.70. The zero-order chi connectivity index (χ0) is 16.1. The molecule has 8 nitrogen and oxygen atoms in total. The third kappa shape index (κ3) is 3.61. The molecule has 3 rings (SSSR count). The van der Waals surface area contributed by atoms with Crippen molar-refractivity contribution in [2.75, 3.05) is 19.0 Å². The van der Waals surface area contributed by atoms with E-state index in [1.807, 2.05) is 18.2 Å². The first-order valence-corrected chi connectivity index (χ1v) is 7.06. The molecular weight excluding hydrogens is 296 g/mol. The van der Waals surface area contributed by atoms with E-state index in [-0.39, 0.29) is 5.91 Å². The van der Waals surface area contributed by atoms with Gasteiger partial charge >= 0.3 is 0 Å². The molecule has 2 N–H and O–H groups in total. The molecule has 2 aromatic heterocycles. The molecule has 1 amide bonds. The highest BCUT2D eigenvalue weighted by atomic mass is 16.5. The Hall–Kier alpha value is -3.00. The Bertz CT molecular complexity index is 781. The quantitative estimate of drug-likeness (QED) is 0.720. The molecule has 8 heteroatoms. The molecule has 0 aliphatic rings. The number of aromatic nitrogens is 5. The highest BCUT2D eigenvalue weighted by molar-refractivity contribution is 6.03. The Morgan fingerprint density at radius 1 is 1.39 bits per heavy atom. The molecule has 0 atom stereocenters. The summed E-state index contributed by atoms with van der Waals surface area (Å²) in [6, 6.07) is 9.02. The number of methoxy groups -OCH3 is 1. The van der Waals surface area contributed by atoms with Crippen molar-refractivity contribution in [1.82, 2.24) is 25.0 Å². The zero-order valence-corrected chi connectivity index (χ0v) is 12.6. The van der Waals surface area contributed by atoms with E-state index in [0.717, 1.165) is 5.56 Å². The van der Waals surface area contributed by atoms with E-state index >= 15 is 0 Å². The summed E-state index contributed by atoms with van der Waals surface area (Å²) in [4.78, 5) is 16.3. The van der Waals surface area contributed by atoms with E-state index in [0.29, 0.717) is 30.4 Å². The van der Waals surface area contributed by atoms with Gasteiger partial charge in [0.2, 0.25) is 0 Å². The Kier molecular flexibility index (Phi) is 4.44. The molecule has 0 saturated heterocycles. The minimum Gasteiger partial charge on any atom is -0.383 e. The standard InChI is InChI=1S/C15H16N6O2/c1-23-8-7-21-6-5-13(20-21)15(22)18-12-4-2-3-11(9-12)14-16-10-17-19-14/h2-6,9-10H,7-8H2,1H3,(H,18,22)(H,16,17,19). The Morgan fingerprint density at radius 2 is 2.30 bits per heavy atom. The molecule has 0 fully saturated rings. The van der Waals surface area contributed by atoms with Crippen molar-refractivity contribution in [3.8, 4) is 11.4 Å². The molecule has 0 saturated carbocycles. The van der Waals surface area contributed by atoms with Crippen molar-refractivity contribution >= 4 is 11.6 Å². The fourth-order valence-electron chi connectivity index (χ4n) is 2.08. The smallest absolute Gasteiger partial charge is 0.276 e. The highest BCUT2D eigenvalue weighted by Crippen LogP contribution is 2.19. The molecule has 0 unspecified atom stereocenters. The zero-order valence-electron chi connectivity index (χ0n) is 12.6. The monoisotopic (exact) mass is 312 g/mol. The second kappa shape index (κ2) is 6.84. The first-order valence-electron chi connectivity index (χ1n) is 7.06. The number of H-pyrrole nitrogens is 1. The number of benzene rings is 1. The predicted octanol–water partition coefficient (Wildman–Crippen LogP) is 1.57. The largest absolute Gasteiger partial charge is 0.383 e. The number of carbonyl (C=O) groups excluding carboxylic acids is 1. The summed E-state index contributed by atoms with van der Waals surface area (Å²) >= 11 is 0. The van der Waals surface area contributed by atoms with Gasteiger partial charge in [-0.15, -0.1) is 0 Å². The van der Waals surface area contributed by atoms with E-state index in [1.165, 1.54) is 6.33 Å². The van der Waals surface area contributed by atoms with Gasteiger partial charge in [0.1, 0.15) is 6.33 Å². The van der Waals surface area contributed by atoms with Gasteiger partial charge in [0.25, 0.3) is 5.91 Å². The van der Waals surface area contributed by atoms with Crippen LogP contribution < -0.4 is 5.32 Å². The van der Waals surface area contributed by atoms with Gasteiger partial charge in [0.05, 0.1) is 13.2 Å². The van der Waals surface area contributed by atoms with Crippen LogP contribution >= 0.6 is 0 Å². The van der Waals surface area contributed by atoms with Crippen LogP contribution in [0.3, 0.4) is 0 Å². The number of aromatic amines is 1. The van der Waals surface area contributed by atoms with Crippen LogP contribution in [0.4, 0.5) is 5.69 Å². The maximum absolute atomic E-state index is 12.2. The predicted molar refractivity (Wildman–Crippen MR) is 83.9 cm³/mol. The van der Waals surface area contributed by atoms with Gasteiger partial charge in [-0.05, 0) is 18.2 Å². The van der Waals surface area contributed by atoms with Crippen LogP contribution in [0.2, 0.25) is 0 Å². The fourth-order valence-corrected chi connectivity index (χ4v) is 2.08. The minimum absolute atomic E-state index is 0.268. The molecule has 2 heterocycles. The van der Waals surface area contributed by atoms with Gasteiger partial charge in [-0.25, -0.2) is 4.98 Å². The molecule has 118 valence electrons. The van der Waals surface area contributed by atoms with Crippen molar-refractivity contribution in [2.24, 2.45) is 0 Å². The van der Waals surface area contributed by atoms with Gasteiger partial charge < -0.3 is 10.1 Å². The summed E-state index contributed by atoms with van der Waals surface area (Å²) in [5.41, 5.74) is 1.85. The lowest BCUT2D eigenvalue weighted by atomic mass is 10.2. The first kappa shape index (κ1) is 14.9. The second-order valence-electron chi connectivity index (χ2n) is 4.83. The van der Waals surface area contributed by atoms with Crippen LogP contribution in [0.5, 0.6) is 0 Å². The van der Waals surface area contributed by atoms with Gasteiger partial charge in [0, 0.05) is 24.6 Å². The van der Waals surface area contributed by atoms with E-state index < -0.39 is 0 Å². The normalized spacial score (nSPS) is 10.7. The number of hydrogen-bond donors (Lipinski definition) is 2. The van der Waals surface area contributed by atoms with Crippen molar-refractivity contribution in [3.05, 3.63) is 48.5 Å². The van der Waals surface area contributed by atoms with Crippen molar-refractivity contribution < 1.29 is 9.53 Å². The van der Waals surface area contributed by atoms with Crippen molar-refractivity contribution in [1.29, 1.82) is 0 Å². The average Bonchev–Trinajstić information content (AvgIpc) is 3.25. The lowest BCUT2D eigenvalue weighted by molar-refractivity contribution is 0.102. The summed E-state index contributed by atoms with van der Waals surface area (Å²) < 4.78 is 6.65. The maximum atomic E-state index is 12.2. The van der Waals surface area contributed by atoms with Crippen molar-refractivity contribution in [2.45, 2.75) is 6.54 Å². The number of rotatable bonds is 6. The van der Waals surface area contributed by atoms with Crippen LogP contribution in [0.15, 0.2) is 42.9 Å². The number of hydrogen-bond acceptors (Lipinski definition) is 5. The molecule has 23 heavy (non-hydrogen) atoms. The number of nitrogens with one attached hydrogen (secondary N) is 2. The minimum atomic E-state index is -0.268. The molecule has 0 bridgehead atoms. The average molecular weight is 312 g/mol. The summed E-state index contributed by atoms with van der Waals surface area (Å²) in [5, 5.41) is 13.6. The molecule has 0 spiro atoms. The molecule has 1 aromatic carbocycles. The summed E-state index contributed by atoms with van der Waals surface area (Å²) in [5.74, 6) is 0.376. The van der Waals surface area contributed by atoms with Crippen LogP contribution in [-0.4, -0.2) is 44.6 Å². The van der Waals surface area contributed by atoms with E-state index in [2.05, 4.69) is 25.6 Å². The summed E-state index contributed by atoms with van der Waals surface area (Å²) in [6.07, 6.45) is 3.19. The van der Waals surface area contributed by atoms with Crippen LogP contribution in [0.1, 0.15) is 10.5 Å². The van der Waals surface area contributed by atoms with E-state index in [1.54, 1.807) is 30.1 Å². The van der Waals surface area contributed by atoms with Gasteiger partial charge in [0.15, 0.2) is 11.5 Å². The number of carbonyl (C=O) groups is 1. The van der Waals surface area contributed by atoms with E-state index in [9.17, 15) is 4.79 Å². The molecule has 0 aliphatic heterocycles. The van der Waals surface area contributed by atoms with Gasteiger partial charge in [-0.3, -0.25) is 14.6 Å². The number of nitrogens with zero attached hydrogens (tertiary/aromatic N) is 4. The SMILES string of the molecule is COCCn1ccc(C(=O)Nc2cccc(-c3ncn[nH]3)c2)n1. The number of anilines is 1. The molecule has 0 aliphatic carbocycles. The Morgan fingerprint density at radius 3 is 3.09 bits per heavy atom. The van der Waals surface area contributed by atoms with E-state index in [4.69, 9.17) is 4.74 Å². The van der Waals surface area contributed by atoms with Crippen LogP contribution in [0, 0.1) is 0 Å². The topological polar surface area (TPSA) is 97.7 Å².